The number of piperidine rings is 1. The lowest BCUT2D eigenvalue weighted by Crippen LogP contribution is -2.42. The van der Waals surface area contributed by atoms with Gasteiger partial charge in [0, 0.05) is 25.2 Å². The molecule has 1 saturated heterocycles. The van der Waals surface area contributed by atoms with E-state index >= 15 is 0 Å². The minimum Gasteiger partial charge on any atom is -0.484 e. The van der Waals surface area contributed by atoms with Crippen molar-refractivity contribution in [2.45, 2.75) is 19.8 Å². The highest BCUT2D eigenvalue weighted by Gasteiger charge is 2.30. The molecule has 0 aliphatic carbocycles. The molecule has 162 valence electrons. The Labute approximate surface area is 179 Å². The highest BCUT2D eigenvalue weighted by atomic mass is 16.5. The number of benzene rings is 1. The van der Waals surface area contributed by atoms with E-state index in [1.807, 2.05) is 0 Å². The van der Waals surface area contributed by atoms with Crippen molar-refractivity contribution in [1.29, 1.82) is 0 Å². The molecule has 1 fully saturated rings. The van der Waals surface area contributed by atoms with E-state index in [4.69, 9.17) is 18.6 Å². The van der Waals surface area contributed by atoms with Gasteiger partial charge in [0.2, 0.25) is 5.78 Å². The van der Waals surface area contributed by atoms with E-state index in [9.17, 15) is 14.4 Å². The van der Waals surface area contributed by atoms with Crippen LogP contribution in [0.1, 0.15) is 35.9 Å². The molecular weight excluding hydrogens is 402 g/mol. The summed E-state index contributed by atoms with van der Waals surface area (Å²) in [6.45, 7) is 3.00. The number of nitrogens with zero attached hydrogens (tertiary/aromatic N) is 1. The summed E-state index contributed by atoms with van der Waals surface area (Å²) in [5.41, 5.74) is 0.428. The molecule has 2 aromatic rings. The van der Waals surface area contributed by atoms with E-state index < -0.39 is 0 Å². The number of esters is 1. The zero-order chi connectivity index (χ0) is 21.8. The van der Waals surface area contributed by atoms with Gasteiger partial charge in [0.05, 0.1) is 24.4 Å². The molecule has 1 aromatic carbocycles. The van der Waals surface area contributed by atoms with Crippen LogP contribution in [0.3, 0.4) is 0 Å². The quantitative estimate of drug-likeness (QED) is 0.518. The zero-order valence-electron chi connectivity index (χ0n) is 17.2. The number of rotatable bonds is 6. The van der Waals surface area contributed by atoms with E-state index in [1.54, 1.807) is 42.2 Å². The lowest BCUT2D eigenvalue weighted by atomic mass is 9.97. The van der Waals surface area contributed by atoms with Crippen LogP contribution in [0.5, 0.6) is 11.5 Å². The van der Waals surface area contributed by atoms with Crippen LogP contribution in [-0.2, 0) is 14.3 Å². The summed E-state index contributed by atoms with van der Waals surface area (Å²) in [6, 6.07) is 8.29. The summed E-state index contributed by atoms with van der Waals surface area (Å²) in [6.07, 6.45) is 4.22. The molecule has 2 aliphatic heterocycles. The normalized spacial score (nSPS) is 17.4. The van der Waals surface area contributed by atoms with E-state index in [1.165, 1.54) is 12.3 Å². The summed E-state index contributed by atoms with van der Waals surface area (Å²) in [4.78, 5) is 38.4. The Morgan fingerprint density at radius 3 is 2.74 bits per heavy atom. The molecule has 8 nitrogen and oxygen atoms in total. The fraction of sp³-hybridized carbons (Fsp3) is 0.348. The molecular formula is C23H23NO7. The molecule has 0 spiro atoms. The van der Waals surface area contributed by atoms with Crippen molar-refractivity contribution in [3.05, 3.63) is 53.7 Å². The van der Waals surface area contributed by atoms with Gasteiger partial charge in [0.25, 0.3) is 5.91 Å². The zero-order valence-corrected chi connectivity index (χ0v) is 17.2. The third-order valence-corrected chi connectivity index (χ3v) is 5.29. The maximum Gasteiger partial charge on any atom is 0.309 e. The first-order valence-corrected chi connectivity index (χ1v) is 10.2. The summed E-state index contributed by atoms with van der Waals surface area (Å²) in [7, 11) is 0. The topological polar surface area (TPSA) is 95.3 Å². The number of amides is 1. The summed E-state index contributed by atoms with van der Waals surface area (Å²) < 4.78 is 21.5. The number of hydrogen-bond acceptors (Lipinski definition) is 7. The van der Waals surface area contributed by atoms with Gasteiger partial charge in [-0.05, 0) is 44.0 Å². The number of likely N-dealkylation sites (tertiary alicyclic amines) is 1. The second kappa shape index (κ2) is 9.07. The van der Waals surface area contributed by atoms with E-state index in [-0.39, 0.29) is 35.9 Å². The van der Waals surface area contributed by atoms with Gasteiger partial charge in [-0.15, -0.1) is 0 Å². The minimum absolute atomic E-state index is 0.133. The van der Waals surface area contributed by atoms with Crippen LogP contribution in [0.15, 0.2) is 46.8 Å². The average molecular weight is 425 g/mol. The van der Waals surface area contributed by atoms with Crippen molar-refractivity contribution in [2.75, 3.05) is 26.3 Å². The number of ketones is 1. The standard InChI is InChI=1S/C23H23NO7/c1-2-28-23(27)15-7-9-24(10-8-15)21(25)14-30-17-5-6-18-19(12-17)31-20(22(18)26)13-16-4-3-11-29-16/h3-6,11-13,15H,2,7-10,14H2,1H3. The van der Waals surface area contributed by atoms with E-state index in [0.29, 0.717) is 55.4 Å². The molecule has 4 rings (SSSR count). The third kappa shape index (κ3) is 4.63. The second-order valence-corrected chi connectivity index (χ2v) is 7.31. The molecule has 0 N–H and O–H groups in total. The highest BCUT2D eigenvalue weighted by molar-refractivity contribution is 6.14. The molecule has 3 heterocycles. The van der Waals surface area contributed by atoms with Crippen molar-refractivity contribution in [3.8, 4) is 11.5 Å². The van der Waals surface area contributed by atoms with Gasteiger partial charge in [-0.1, -0.05) is 0 Å². The number of carbonyl (C=O) groups excluding carboxylic acids is 3. The van der Waals surface area contributed by atoms with Gasteiger partial charge in [-0.2, -0.15) is 0 Å². The Kier molecular flexibility index (Phi) is 6.06. The van der Waals surface area contributed by atoms with E-state index in [2.05, 4.69) is 0 Å². The van der Waals surface area contributed by atoms with Gasteiger partial charge in [-0.3, -0.25) is 14.4 Å². The summed E-state index contributed by atoms with van der Waals surface area (Å²) in [5.74, 6) is 0.756. The average Bonchev–Trinajstić information content (AvgIpc) is 3.40. The van der Waals surface area contributed by atoms with Crippen LogP contribution in [0.25, 0.3) is 6.08 Å². The Balaban J connectivity index is 1.31. The second-order valence-electron chi connectivity index (χ2n) is 7.31. The number of hydrogen-bond donors (Lipinski definition) is 0. The summed E-state index contributed by atoms with van der Waals surface area (Å²) >= 11 is 0. The number of fused-ring (bicyclic) bond motifs is 1. The lowest BCUT2D eigenvalue weighted by Gasteiger charge is -2.30. The Bertz CT molecular complexity index is 1000. The Morgan fingerprint density at radius 2 is 2.03 bits per heavy atom. The number of furan rings is 1. The monoisotopic (exact) mass is 425 g/mol. The molecule has 8 heteroatoms. The van der Waals surface area contributed by atoms with Gasteiger partial charge in [0.1, 0.15) is 17.3 Å². The third-order valence-electron chi connectivity index (χ3n) is 5.29. The SMILES string of the molecule is CCOC(=O)C1CCN(C(=O)COc2ccc3c(c2)OC(=Cc2ccco2)C3=O)CC1. The van der Waals surface area contributed by atoms with E-state index in [0.717, 1.165) is 0 Å². The molecule has 2 aliphatic rings. The number of carbonyl (C=O) groups is 3. The van der Waals surface area contributed by atoms with Crippen molar-refractivity contribution < 1.29 is 33.0 Å². The first-order chi connectivity index (χ1) is 15.0. The molecule has 1 amide bonds. The van der Waals surface area contributed by atoms with Gasteiger partial charge in [0.15, 0.2) is 12.4 Å². The predicted octanol–water partition coefficient (Wildman–Crippen LogP) is 3.08. The maximum atomic E-state index is 12.5. The molecule has 0 unspecified atom stereocenters. The van der Waals surface area contributed by atoms with Crippen molar-refractivity contribution >= 4 is 23.7 Å². The highest BCUT2D eigenvalue weighted by Crippen LogP contribution is 2.35. The van der Waals surface area contributed by atoms with Crippen molar-refractivity contribution in [1.82, 2.24) is 4.90 Å². The summed E-state index contributed by atoms with van der Waals surface area (Å²) in [5, 5.41) is 0. The number of allylic oxidation sites excluding steroid dienone is 1. The number of Topliss-reactive ketones (excluding diaryl/α,β-unsaturated/α-hetero) is 1. The van der Waals surface area contributed by atoms with Gasteiger partial charge < -0.3 is 23.5 Å². The minimum atomic E-state index is -0.238. The van der Waals surface area contributed by atoms with Crippen LogP contribution >= 0.6 is 0 Å². The van der Waals surface area contributed by atoms with Crippen LogP contribution in [0, 0.1) is 5.92 Å². The van der Waals surface area contributed by atoms with Gasteiger partial charge >= 0.3 is 5.97 Å². The smallest absolute Gasteiger partial charge is 0.309 e. The van der Waals surface area contributed by atoms with Crippen LogP contribution in [0.2, 0.25) is 0 Å². The van der Waals surface area contributed by atoms with Crippen molar-refractivity contribution in [2.24, 2.45) is 5.92 Å². The molecule has 0 bridgehead atoms. The Hall–Kier alpha value is -3.55. The van der Waals surface area contributed by atoms with Crippen LogP contribution < -0.4 is 9.47 Å². The van der Waals surface area contributed by atoms with Crippen LogP contribution in [-0.4, -0.2) is 48.9 Å². The van der Waals surface area contributed by atoms with Crippen LogP contribution in [0.4, 0.5) is 0 Å². The molecule has 31 heavy (non-hydrogen) atoms. The fourth-order valence-electron chi connectivity index (χ4n) is 3.62. The molecule has 0 atom stereocenters. The fourth-order valence-corrected chi connectivity index (χ4v) is 3.62. The Morgan fingerprint density at radius 1 is 1.23 bits per heavy atom. The molecule has 0 radical (unpaired) electrons. The lowest BCUT2D eigenvalue weighted by molar-refractivity contribution is -0.151. The first-order valence-electron chi connectivity index (χ1n) is 10.2. The molecule has 0 saturated carbocycles. The maximum absolute atomic E-state index is 12.5. The largest absolute Gasteiger partial charge is 0.484 e. The molecule has 1 aromatic heterocycles. The number of ether oxygens (including phenoxy) is 3. The van der Waals surface area contributed by atoms with Crippen molar-refractivity contribution in [3.63, 3.8) is 0 Å². The predicted molar refractivity (Wildman–Crippen MR) is 110 cm³/mol. The first kappa shape index (κ1) is 20.7. The van der Waals surface area contributed by atoms with Gasteiger partial charge in [-0.25, -0.2) is 0 Å².